The molecule has 162 valence electrons. The van der Waals surface area contributed by atoms with Crippen molar-refractivity contribution in [1.82, 2.24) is 9.97 Å². The molecule has 0 aliphatic carbocycles. The molecule has 9 heteroatoms. The average molecular weight is 439 g/mol. The van der Waals surface area contributed by atoms with Gasteiger partial charge in [-0.1, -0.05) is 12.1 Å². The first-order valence-electron chi connectivity index (χ1n) is 9.75. The predicted octanol–water partition coefficient (Wildman–Crippen LogP) is 5.27. The van der Waals surface area contributed by atoms with E-state index in [1.807, 2.05) is 12.1 Å². The number of hydrogen-bond acceptors (Lipinski definition) is 4. The number of benzene rings is 3. The third-order valence-electron chi connectivity index (χ3n) is 5.01. The summed E-state index contributed by atoms with van der Waals surface area (Å²) in [6.07, 6.45) is -4.45. The van der Waals surface area contributed by atoms with E-state index in [2.05, 4.69) is 15.3 Å². The lowest BCUT2D eigenvalue weighted by molar-refractivity contribution is -0.137. The minimum Gasteiger partial charge on any atom is -0.486 e. The number of anilines is 1. The molecule has 0 fully saturated rings. The normalized spacial score (nSPS) is 13.2. The molecule has 0 saturated heterocycles. The van der Waals surface area contributed by atoms with E-state index in [0.717, 1.165) is 35.3 Å². The van der Waals surface area contributed by atoms with Crippen molar-refractivity contribution >= 4 is 22.6 Å². The number of H-pyrrole nitrogens is 1. The minimum absolute atomic E-state index is 0.123. The number of imidazole rings is 1. The van der Waals surface area contributed by atoms with Gasteiger partial charge in [0.2, 0.25) is 0 Å². The Bertz CT molecular complexity index is 1270. The van der Waals surface area contributed by atoms with Crippen LogP contribution < -0.4 is 14.8 Å². The number of halogens is 3. The first-order chi connectivity index (χ1) is 15.4. The molecule has 0 spiro atoms. The van der Waals surface area contributed by atoms with Crippen molar-refractivity contribution in [2.24, 2.45) is 0 Å². The van der Waals surface area contributed by atoms with Crippen LogP contribution in [0, 0.1) is 0 Å². The molecular formula is C23H16F3N3O3. The second-order valence-electron chi connectivity index (χ2n) is 7.21. The largest absolute Gasteiger partial charge is 0.486 e. The standard InChI is InChI=1S/C23H16F3N3O3/c24-23(25,26)15-6-4-13(5-7-15)22(30)27-16-3-1-2-14(10-16)21-28-17-11-19-20(12-18(17)29-21)32-9-8-31-19/h1-7,10-12H,8-9H2,(H,27,30)(H,28,29). The van der Waals surface area contributed by atoms with Crippen LogP contribution in [0.15, 0.2) is 60.7 Å². The number of fused-ring (bicyclic) bond motifs is 2. The van der Waals surface area contributed by atoms with Crippen molar-refractivity contribution in [3.05, 3.63) is 71.8 Å². The molecule has 2 heterocycles. The molecule has 0 saturated carbocycles. The molecular weight excluding hydrogens is 423 g/mol. The van der Waals surface area contributed by atoms with Crippen molar-refractivity contribution in [2.45, 2.75) is 6.18 Å². The van der Waals surface area contributed by atoms with Crippen molar-refractivity contribution in [2.75, 3.05) is 18.5 Å². The van der Waals surface area contributed by atoms with Crippen LogP contribution in [0.3, 0.4) is 0 Å². The lowest BCUT2D eigenvalue weighted by Crippen LogP contribution is -2.15. The zero-order valence-electron chi connectivity index (χ0n) is 16.5. The SMILES string of the molecule is O=C(Nc1cccc(-c2nc3cc4c(cc3[nH]2)OCCO4)c1)c1ccc(C(F)(F)F)cc1. The van der Waals surface area contributed by atoms with Gasteiger partial charge >= 0.3 is 6.18 Å². The number of rotatable bonds is 3. The van der Waals surface area contributed by atoms with Crippen LogP contribution in [0.25, 0.3) is 22.4 Å². The van der Waals surface area contributed by atoms with Crippen molar-refractivity contribution in [3.8, 4) is 22.9 Å². The maximum atomic E-state index is 12.7. The van der Waals surface area contributed by atoms with Gasteiger partial charge in [0.05, 0.1) is 16.6 Å². The summed E-state index contributed by atoms with van der Waals surface area (Å²) in [6, 6.07) is 14.7. The smallest absolute Gasteiger partial charge is 0.416 e. The third-order valence-corrected chi connectivity index (χ3v) is 5.01. The van der Waals surface area contributed by atoms with Gasteiger partial charge in [-0.15, -0.1) is 0 Å². The third kappa shape index (κ3) is 3.84. The predicted molar refractivity (Wildman–Crippen MR) is 112 cm³/mol. The summed E-state index contributed by atoms with van der Waals surface area (Å²) in [6.45, 7) is 0.969. The Balaban J connectivity index is 1.38. The van der Waals surface area contributed by atoms with E-state index in [1.54, 1.807) is 24.3 Å². The zero-order valence-corrected chi connectivity index (χ0v) is 16.5. The maximum Gasteiger partial charge on any atom is 0.416 e. The molecule has 2 N–H and O–H groups in total. The molecule has 4 aromatic rings. The number of carbonyl (C=O) groups excluding carboxylic acids is 1. The van der Waals surface area contributed by atoms with Gasteiger partial charge in [-0.2, -0.15) is 13.2 Å². The van der Waals surface area contributed by atoms with Gasteiger partial charge in [-0.3, -0.25) is 4.79 Å². The molecule has 0 radical (unpaired) electrons. The number of carbonyl (C=O) groups is 1. The number of nitrogens with one attached hydrogen (secondary N) is 2. The highest BCUT2D eigenvalue weighted by molar-refractivity contribution is 6.04. The van der Waals surface area contributed by atoms with Gasteiger partial charge in [0.15, 0.2) is 11.5 Å². The van der Waals surface area contributed by atoms with Crippen LogP contribution in [-0.2, 0) is 6.18 Å². The molecule has 0 bridgehead atoms. The number of alkyl halides is 3. The summed E-state index contributed by atoms with van der Waals surface area (Å²) in [5, 5.41) is 2.70. The molecule has 5 rings (SSSR count). The van der Waals surface area contributed by atoms with Crippen molar-refractivity contribution < 1.29 is 27.4 Å². The Morgan fingerprint density at radius 2 is 1.69 bits per heavy atom. The lowest BCUT2D eigenvalue weighted by atomic mass is 10.1. The number of nitrogens with zero attached hydrogens (tertiary/aromatic N) is 1. The Morgan fingerprint density at radius 1 is 0.969 bits per heavy atom. The Kier molecular flexibility index (Phi) is 4.73. The van der Waals surface area contributed by atoms with Crippen LogP contribution in [0.5, 0.6) is 11.5 Å². The van der Waals surface area contributed by atoms with Crippen LogP contribution >= 0.6 is 0 Å². The van der Waals surface area contributed by atoms with E-state index in [9.17, 15) is 18.0 Å². The van der Waals surface area contributed by atoms with Gasteiger partial charge in [0, 0.05) is 28.9 Å². The van der Waals surface area contributed by atoms with E-state index in [4.69, 9.17) is 9.47 Å². The fourth-order valence-corrected chi connectivity index (χ4v) is 3.44. The Hall–Kier alpha value is -4.01. The average Bonchev–Trinajstić information content (AvgIpc) is 3.20. The van der Waals surface area contributed by atoms with Gasteiger partial charge in [-0.25, -0.2) is 4.98 Å². The van der Waals surface area contributed by atoms with E-state index >= 15 is 0 Å². The van der Waals surface area contributed by atoms with Gasteiger partial charge in [0.25, 0.3) is 5.91 Å². The maximum absolute atomic E-state index is 12.7. The van der Waals surface area contributed by atoms with E-state index in [-0.39, 0.29) is 5.56 Å². The van der Waals surface area contributed by atoms with Crippen molar-refractivity contribution in [1.29, 1.82) is 0 Å². The van der Waals surface area contributed by atoms with Gasteiger partial charge in [-0.05, 0) is 36.4 Å². The number of amides is 1. The lowest BCUT2D eigenvalue weighted by Gasteiger charge is -2.17. The minimum atomic E-state index is -4.45. The van der Waals surface area contributed by atoms with Crippen LogP contribution in [0.1, 0.15) is 15.9 Å². The molecule has 3 aromatic carbocycles. The second-order valence-corrected chi connectivity index (χ2v) is 7.21. The quantitative estimate of drug-likeness (QED) is 0.456. The number of aromatic nitrogens is 2. The molecule has 1 aromatic heterocycles. The van der Waals surface area contributed by atoms with Gasteiger partial charge in [0.1, 0.15) is 19.0 Å². The first kappa shape index (κ1) is 19.9. The van der Waals surface area contributed by atoms with E-state index < -0.39 is 17.6 Å². The number of hydrogen-bond donors (Lipinski definition) is 2. The summed E-state index contributed by atoms with van der Waals surface area (Å²) in [5.41, 5.74) is 2.02. The van der Waals surface area contributed by atoms with Crippen molar-refractivity contribution in [3.63, 3.8) is 0 Å². The summed E-state index contributed by atoms with van der Waals surface area (Å²) >= 11 is 0. The molecule has 1 amide bonds. The topological polar surface area (TPSA) is 76.2 Å². The molecule has 1 aliphatic heterocycles. The summed E-state index contributed by atoms with van der Waals surface area (Å²) in [4.78, 5) is 20.3. The summed E-state index contributed by atoms with van der Waals surface area (Å²) in [5.74, 6) is 1.37. The van der Waals surface area contributed by atoms with Crippen LogP contribution in [0.2, 0.25) is 0 Å². The highest BCUT2D eigenvalue weighted by atomic mass is 19.4. The molecule has 0 unspecified atom stereocenters. The number of aromatic amines is 1. The fraction of sp³-hybridized carbons (Fsp3) is 0.130. The zero-order chi connectivity index (χ0) is 22.3. The molecule has 6 nitrogen and oxygen atoms in total. The summed E-state index contributed by atoms with van der Waals surface area (Å²) < 4.78 is 49.3. The fourth-order valence-electron chi connectivity index (χ4n) is 3.44. The molecule has 32 heavy (non-hydrogen) atoms. The first-order valence-corrected chi connectivity index (χ1v) is 9.75. The second kappa shape index (κ2) is 7.60. The monoisotopic (exact) mass is 439 g/mol. The van der Waals surface area contributed by atoms with Gasteiger partial charge < -0.3 is 19.8 Å². The molecule has 0 atom stereocenters. The van der Waals surface area contributed by atoms with E-state index in [0.29, 0.717) is 41.7 Å². The highest BCUT2D eigenvalue weighted by Gasteiger charge is 2.30. The Morgan fingerprint density at radius 3 is 2.41 bits per heavy atom. The number of ether oxygens (including phenoxy) is 2. The van der Waals surface area contributed by atoms with E-state index in [1.165, 1.54) is 0 Å². The van der Waals surface area contributed by atoms with Crippen LogP contribution in [0.4, 0.5) is 18.9 Å². The Labute approximate surface area is 180 Å². The molecule has 1 aliphatic rings. The summed E-state index contributed by atoms with van der Waals surface area (Å²) in [7, 11) is 0. The van der Waals surface area contributed by atoms with Crippen LogP contribution in [-0.4, -0.2) is 29.1 Å². The highest BCUT2D eigenvalue weighted by Crippen LogP contribution is 2.35.